The summed E-state index contributed by atoms with van der Waals surface area (Å²) in [4.78, 5) is 13.1. The van der Waals surface area contributed by atoms with Crippen molar-refractivity contribution in [2.45, 2.75) is 11.7 Å². The summed E-state index contributed by atoms with van der Waals surface area (Å²) in [6.07, 6.45) is 0.165. The van der Waals surface area contributed by atoms with Gasteiger partial charge in [0, 0.05) is 16.7 Å². The molecule has 0 amide bonds. The second kappa shape index (κ2) is 5.88. The molecule has 0 saturated carbocycles. The lowest BCUT2D eigenvalue weighted by molar-refractivity contribution is -0.140. The predicted octanol–water partition coefficient (Wildman–Crippen LogP) is 1.16. The van der Waals surface area contributed by atoms with Crippen LogP contribution < -0.4 is 0 Å². The van der Waals surface area contributed by atoms with Gasteiger partial charge in [-0.05, 0) is 5.53 Å². The van der Waals surface area contributed by atoms with Gasteiger partial charge in [0.05, 0.1) is 13.5 Å². The van der Waals surface area contributed by atoms with E-state index in [1.54, 1.807) is 0 Å². The van der Waals surface area contributed by atoms with Gasteiger partial charge in [0.15, 0.2) is 0 Å². The van der Waals surface area contributed by atoms with Gasteiger partial charge in [-0.3, -0.25) is 4.79 Å². The molecule has 1 unspecified atom stereocenters. The van der Waals surface area contributed by atoms with E-state index >= 15 is 0 Å². The number of rotatable bonds is 4. The van der Waals surface area contributed by atoms with Crippen LogP contribution in [0, 0.1) is 0 Å². The molecular formula is C5H9N3O2S. The van der Waals surface area contributed by atoms with E-state index in [0.717, 1.165) is 0 Å². The first kappa shape index (κ1) is 10.1. The zero-order chi connectivity index (χ0) is 8.69. The van der Waals surface area contributed by atoms with E-state index in [9.17, 15) is 4.79 Å². The summed E-state index contributed by atoms with van der Waals surface area (Å²) in [5, 5.41) is 3.00. The van der Waals surface area contributed by atoms with Crippen molar-refractivity contribution in [1.82, 2.24) is 0 Å². The van der Waals surface area contributed by atoms with Gasteiger partial charge in [-0.15, -0.1) is 0 Å². The minimum Gasteiger partial charge on any atom is -0.469 e. The Morgan fingerprint density at radius 1 is 1.91 bits per heavy atom. The third-order valence-corrected chi connectivity index (χ3v) is 1.33. The molecule has 0 radical (unpaired) electrons. The minimum atomic E-state index is -0.349. The lowest BCUT2D eigenvalue weighted by atomic mass is 10.3. The average molecular weight is 175 g/mol. The summed E-state index contributed by atoms with van der Waals surface area (Å²) in [6, 6.07) is 0. The Labute approximate surface area is 69.8 Å². The van der Waals surface area contributed by atoms with Gasteiger partial charge in [-0.1, -0.05) is 5.11 Å². The fraction of sp³-hybridized carbons (Fsp3) is 0.800. The van der Waals surface area contributed by atoms with Crippen molar-refractivity contribution >= 4 is 18.6 Å². The van der Waals surface area contributed by atoms with Crippen molar-refractivity contribution < 1.29 is 9.53 Å². The lowest BCUT2D eigenvalue weighted by Crippen LogP contribution is -2.11. The molecule has 0 aromatic heterocycles. The largest absolute Gasteiger partial charge is 0.469 e. The summed E-state index contributed by atoms with van der Waals surface area (Å²) in [7, 11) is 1.30. The zero-order valence-corrected chi connectivity index (χ0v) is 6.99. The van der Waals surface area contributed by atoms with E-state index in [2.05, 4.69) is 27.4 Å². The maximum Gasteiger partial charge on any atom is 0.306 e. The van der Waals surface area contributed by atoms with Crippen LogP contribution in [0.1, 0.15) is 6.42 Å². The van der Waals surface area contributed by atoms with Gasteiger partial charge in [-0.25, -0.2) is 0 Å². The Morgan fingerprint density at radius 2 is 2.55 bits per heavy atom. The Hall–Kier alpha value is -0.870. The molecule has 1 atom stereocenters. The van der Waals surface area contributed by atoms with Gasteiger partial charge in [0.25, 0.3) is 0 Å². The van der Waals surface area contributed by atoms with E-state index in [1.807, 2.05) is 0 Å². The first-order valence-corrected chi connectivity index (χ1v) is 3.48. The van der Waals surface area contributed by atoms with Crippen molar-refractivity contribution in [2.24, 2.45) is 5.11 Å². The fourth-order valence-corrected chi connectivity index (χ4v) is 0.693. The Kier molecular flexibility index (Phi) is 5.42. The van der Waals surface area contributed by atoms with Crippen LogP contribution in [0.25, 0.3) is 10.4 Å². The molecule has 0 aliphatic rings. The van der Waals surface area contributed by atoms with Crippen LogP contribution in [0.3, 0.4) is 0 Å². The highest BCUT2D eigenvalue weighted by molar-refractivity contribution is 7.81. The highest BCUT2D eigenvalue weighted by atomic mass is 32.1. The fourth-order valence-electron chi connectivity index (χ4n) is 0.471. The van der Waals surface area contributed by atoms with E-state index < -0.39 is 0 Å². The topological polar surface area (TPSA) is 75.1 Å². The van der Waals surface area contributed by atoms with Crippen molar-refractivity contribution in [3.05, 3.63) is 10.4 Å². The van der Waals surface area contributed by atoms with Gasteiger partial charge >= 0.3 is 5.97 Å². The van der Waals surface area contributed by atoms with Crippen LogP contribution in [0.4, 0.5) is 0 Å². The monoisotopic (exact) mass is 175 g/mol. The molecule has 0 aliphatic heterocycles. The highest BCUT2D eigenvalue weighted by Gasteiger charge is 2.07. The minimum absolute atomic E-state index is 0.165. The second-order valence-corrected chi connectivity index (χ2v) is 2.58. The molecule has 0 heterocycles. The molecule has 0 aromatic rings. The summed E-state index contributed by atoms with van der Waals surface area (Å²) >= 11 is 3.99. The maximum atomic E-state index is 10.6. The molecule has 6 heteroatoms. The third kappa shape index (κ3) is 5.57. The van der Waals surface area contributed by atoms with Crippen molar-refractivity contribution in [3.63, 3.8) is 0 Å². The van der Waals surface area contributed by atoms with Crippen molar-refractivity contribution in [1.29, 1.82) is 0 Å². The van der Waals surface area contributed by atoms with Gasteiger partial charge in [-0.2, -0.15) is 12.6 Å². The maximum absolute atomic E-state index is 10.6. The lowest BCUT2D eigenvalue weighted by Gasteiger charge is -2.03. The molecule has 11 heavy (non-hydrogen) atoms. The zero-order valence-electron chi connectivity index (χ0n) is 6.10. The first-order valence-electron chi connectivity index (χ1n) is 2.96. The van der Waals surface area contributed by atoms with E-state index in [0.29, 0.717) is 0 Å². The number of ether oxygens (including phenoxy) is 1. The van der Waals surface area contributed by atoms with Crippen LogP contribution in [0.5, 0.6) is 0 Å². The molecule has 0 aliphatic carbocycles. The number of hydrogen-bond donors (Lipinski definition) is 1. The second-order valence-electron chi connectivity index (χ2n) is 1.85. The number of esters is 1. The molecule has 0 rings (SSSR count). The first-order chi connectivity index (χ1) is 5.20. The van der Waals surface area contributed by atoms with Gasteiger partial charge in [0.2, 0.25) is 0 Å². The van der Waals surface area contributed by atoms with Crippen molar-refractivity contribution in [3.8, 4) is 0 Å². The smallest absolute Gasteiger partial charge is 0.306 e. The molecule has 0 bridgehead atoms. The summed E-state index contributed by atoms with van der Waals surface area (Å²) in [5.74, 6) is -0.349. The third-order valence-electron chi connectivity index (χ3n) is 0.986. The van der Waals surface area contributed by atoms with Crippen LogP contribution in [-0.4, -0.2) is 24.9 Å². The number of carbonyl (C=O) groups is 1. The molecule has 62 valence electrons. The standard InChI is InChI=1S/C5H9N3O2S/c1-10-5(9)2-4(11)3-7-8-6/h4,11H,2-3H2,1H3. The molecule has 0 fully saturated rings. The van der Waals surface area contributed by atoms with Crippen LogP contribution >= 0.6 is 12.6 Å². The van der Waals surface area contributed by atoms with Crippen molar-refractivity contribution in [2.75, 3.05) is 13.7 Å². The normalized spacial score (nSPS) is 11.5. The van der Waals surface area contributed by atoms with Crippen LogP contribution in [0.15, 0.2) is 5.11 Å². The molecule has 0 spiro atoms. The highest BCUT2D eigenvalue weighted by Crippen LogP contribution is 2.02. The molecule has 0 aromatic carbocycles. The van der Waals surface area contributed by atoms with E-state index in [-0.39, 0.29) is 24.2 Å². The summed E-state index contributed by atoms with van der Waals surface area (Å²) in [6.45, 7) is 0.203. The average Bonchev–Trinajstić information content (AvgIpc) is 2.00. The Morgan fingerprint density at radius 3 is 3.00 bits per heavy atom. The number of methoxy groups -OCH3 is 1. The Balaban J connectivity index is 3.59. The van der Waals surface area contributed by atoms with E-state index in [1.165, 1.54) is 7.11 Å². The molecular weight excluding hydrogens is 166 g/mol. The molecule has 0 saturated heterocycles. The summed E-state index contributed by atoms with van der Waals surface area (Å²) < 4.78 is 4.38. The SMILES string of the molecule is COC(=O)CC(S)CN=[N+]=[N-]. The predicted molar refractivity (Wildman–Crippen MR) is 43.4 cm³/mol. The molecule has 5 nitrogen and oxygen atoms in total. The van der Waals surface area contributed by atoms with Crippen LogP contribution in [0.2, 0.25) is 0 Å². The number of nitrogens with zero attached hydrogens (tertiary/aromatic N) is 3. The Bertz CT molecular complexity index is 179. The van der Waals surface area contributed by atoms with Crippen LogP contribution in [-0.2, 0) is 9.53 Å². The number of thiol groups is 1. The van der Waals surface area contributed by atoms with Gasteiger partial charge in [0.1, 0.15) is 0 Å². The number of hydrogen-bond acceptors (Lipinski definition) is 4. The molecule has 0 N–H and O–H groups in total. The van der Waals surface area contributed by atoms with E-state index in [4.69, 9.17) is 5.53 Å². The van der Waals surface area contributed by atoms with Gasteiger partial charge < -0.3 is 4.74 Å². The quantitative estimate of drug-likeness (QED) is 0.229. The number of azide groups is 1. The summed E-state index contributed by atoms with van der Waals surface area (Å²) in [5.41, 5.74) is 7.91. The number of carbonyl (C=O) groups excluding carboxylic acids is 1.